The zero-order valence-electron chi connectivity index (χ0n) is 11.4. The molecule has 2 aromatic rings. The zero-order valence-corrected chi connectivity index (χ0v) is 12.1. The first-order valence-corrected chi connectivity index (χ1v) is 6.95. The molecule has 1 atom stereocenters. The van der Waals surface area contributed by atoms with Gasteiger partial charge in [-0.15, -0.1) is 0 Å². The lowest BCUT2D eigenvalue weighted by Gasteiger charge is -2.08. The van der Waals surface area contributed by atoms with E-state index in [0.29, 0.717) is 10.7 Å². The molecule has 0 bridgehead atoms. The number of aliphatic hydroxyl groups excluding tert-OH is 1. The molecule has 1 unspecified atom stereocenters. The van der Waals surface area contributed by atoms with Crippen LogP contribution in [-0.2, 0) is 0 Å². The van der Waals surface area contributed by atoms with Crippen LogP contribution in [-0.4, -0.2) is 22.1 Å². The number of benzene rings is 2. The fraction of sp³-hybridized carbons (Fsp3) is 0.118. The molecule has 4 heteroatoms. The average Bonchev–Trinajstić information content (AvgIpc) is 2.52. The smallest absolute Gasteiger partial charge is 0.0896 e. The summed E-state index contributed by atoms with van der Waals surface area (Å²) in [5.74, 6) is 0. The van der Waals surface area contributed by atoms with Crippen molar-refractivity contribution in [3.63, 3.8) is 0 Å². The van der Waals surface area contributed by atoms with Crippen LogP contribution in [0.25, 0.3) is 6.08 Å². The van der Waals surface area contributed by atoms with E-state index in [0.717, 1.165) is 11.1 Å². The summed E-state index contributed by atoms with van der Waals surface area (Å²) in [6.07, 6.45) is 3.01. The molecule has 0 aliphatic heterocycles. The third kappa shape index (κ3) is 4.74. The summed E-state index contributed by atoms with van der Waals surface area (Å²) in [5.41, 5.74) is 2.15. The number of nitrogens with zero attached hydrogens (tertiary/aromatic N) is 1. The summed E-state index contributed by atoms with van der Waals surface area (Å²) < 4.78 is 0. The molecule has 0 aromatic heterocycles. The number of hydrogen-bond donors (Lipinski definition) is 2. The number of aliphatic hydroxyl groups is 1. The first-order chi connectivity index (χ1) is 10.2. The Morgan fingerprint density at radius 2 is 1.76 bits per heavy atom. The molecule has 0 heterocycles. The van der Waals surface area contributed by atoms with E-state index in [1.807, 2.05) is 36.4 Å². The molecule has 0 aliphatic carbocycles. The van der Waals surface area contributed by atoms with Crippen LogP contribution in [0.15, 0.2) is 65.8 Å². The molecule has 108 valence electrons. The molecule has 0 radical (unpaired) electrons. The molecule has 3 nitrogen and oxygen atoms in total. The van der Waals surface area contributed by atoms with Gasteiger partial charge in [-0.05, 0) is 23.3 Å². The Labute approximate surface area is 128 Å². The average molecular weight is 302 g/mol. The Hall–Kier alpha value is -2.10. The van der Waals surface area contributed by atoms with Crippen molar-refractivity contribution >= 4 is 23.4 Å². The largest absolute Gasteiger partial charge is 0.411 e. The Morgan fingerprint density at radius 3 is 2.38 bits per heavy atom. The van der Waals surface area contributed by atoms with E-state index in [4.69, 9.17) is 16.8 Å². The van der Waals surface area contributed by atoms with Crippen LogP contribution < -0.4 is 0 Å². The summed E-state index contributed by atoms with van der Waals surface area (Å²) in [5, 5.41) is 23.0. The summed E-state index contributed by atoms with van der Waals surface area (Å²) in [6, 6.07) is 16.6. The van der Waals surface area contributed by atoms with Crippen molar-refractivity contribution in [2.75, 3.05) is 0 Å². The van der Waals surface area contributed by atoms with Crippen molar-refractivity contribution < 1.29 is 10.3 Å². The molecular weight excluding hydrogens is 286 g/mol. The molecule has 0 fully saturated rings. The SMILES string of the molecule is O/N=C(/CC(O)/C=C/c1ccccc1)c1ccc(Cl)cc1. The molecule has 2 N–H and O–H groups in total. The molecule has 21 heavy (non-hydrogen) atoms. The van der Waals surface area contributed by atoms with Gasteiger partial charge in [0.2, 0.25) is 0 Å². The zero-order chi connectivity index (χ0) is 15.1. The third-order valence-electron chi connectivity index (χ3n) is 3.01. The van der Waals surface area contributed by atoms with E-state index in [1.165, 1.54) is 0 Å². The van der Waals surface area contributed by atoms with Gasteiger partial charge in [0.05, 0.1) is 11.8 Å². The second-order valence-electron chi connectivity index (χ2n) is 4.59. The Morgan fingerprint density at radius 1 is 1.10 bits per heavy atom. The third-order valence-corrected chi connectivity index (χ3v) is 3.26. The fourth-order valence-corrected chi connectivity index (χ4v) is 2.04. The first-order valence-electron chi connectivity index (χ1n) is 6.57. The van der Waals surface area contributed by atoms with Gasteiger partial charge < -0.3 is 10.3 Å². The molecule has 0 aliphatic rings. The Kier molecular flexibility index (Phi) is 5.55. The highest BCUT2D eigenvalue weighted by molar-refractivity contribution is 6.30. The molecular formula is C17H16ClNO2. The van der Waals surface area contributed by atoms with Crippen LogP contribution >= 0.6 is 11.6 Å². The van der Waals surface area contributed by atoms with Gasteiger partial charge in [0.1, 0.15) is 0 Å². The van der Waals surface area contributed by atoms with E-state index < -0.39 is 6.10 Å². The number of rotatable bonds is 5. The summed E-state index contributed by atoms with van der Waals surface area (Å²) >= 11 is 5.82. The lowest BCUT2D eigenvalue weighted by atomic mass is 10.0. The van der Waals surface area contributed by atoms with Gasteiger partial charge in [-0.2, -0.15) is 0 Å². The highest BCUT2D eigenvalue weighted by Crippen LogP contribution is 2.13. The number of hydrogen-bond acceptors (Lipinski definition) is 3. The number of oxime groups is 1. The van der Waals surface area contributed by atoms with Gasteiger partial charge >= 0.3 is 0 Å². The second kappa shape index (κ2) is 7.62. The summed E-state index contributed by atoms with van der Waals surface area (Å²) in [7, 11) is 0. The van der Waals surface area contributed by atoms with Crippen LogP contribution in [0.4, 0.5) is 0 Å². The molecule has 0 amide bonds. The predicted molar refractivity (Wildman–Crippen MR) is 85.9 cm³/mol. The maximum atomic E-state index is 10.0. The van der Waals surface area contributed by atoms with E-state index >= 15 is 0 Å². The summed E-state index contributed by atoms with van der Waals surface area (Å²) in [6.45, 7) is 0. The van der Waals surface area contributed by atoms with Crippen LogP contribution in [0.5, 0.6) is 0 Å². The van der Waals surface area contributed by atoms with Crippen molar-refractivity contribution in [1.29, 1.82) is 0 Å². The maximum Gasteiger partial charge on any atom is 0.0896 e. The number of halogens is 1. The van der Waals surface area contributed by atoms with Crippen molar-refractivity contribution in [1.82, 2.24) is 0 Å². The van der Waals surface area contributed by atoms with Crippen LogP contribution in [0.2, 0.25) is 5.02 Å². The monoisotopic (exact) mass is 301 g/mol. The predicted octanol–water partition coefficient (Wildman–Crippen LogP) is 3.98. The minimum absolute atomic E-state index is 0.224. The quantitative estimate of drug-likeness (QED) is 0.498. The first kappa shape index (κ1) is 15.3. The summed E-state index contributed by atoms with van der Waals surface area (Å²) in [4.78, 5) is 0. The normalized spacial score (nSPS) is 13.5. The topological polar surface area (TPSA) is 52.8 Å². The molecule has 2 aromatic carbocycles. The molecule has 0 spiro atoms. The van der Waals surface area contributed by atoms with E-state index in [-0.39, 0.29) is 6.42 Å². The maximum absolute atomic E-state index is 10.0. The lowest BCUT2D eigenvalue weighted by Crippen LogP contribution is -2.12. The highest BCUT2D eigenvalue weighted by Gasteiger charge is 2.09. The fourth-order valence-electron chi connectivity index (χ4n) is 1.91. The van der Waals surface area contributed by atoms with Crippen LogP contribution in [0, 0.1) is 0 Å². The van der Waals surface area contributed by atoms with Crippen molar-refractivity contribution in [3.05, 3.63) is 76.8 Å². The van der Waals surface area contributed by atoms with Gasteiger partial charge in [0.25, 0.3) is 0 Å². The Balaban J connectivity index is 2.02. The molecule has 0 saturated carbocycles. The van der Waals surface area contributed by atoms with Gasteiger partial charge in [-0.1, -0.05) is 71.4 Å². The van der Waals surface area contributed by atoms with Crippen molar-refractivity contribution in [2.24, 2.45) is 5.16 Å². The van der Waals surface area contributed by atoms with Gasteiger partial charge in [-0.25, -0.2) is 0 Å². The molecule has 0 saturated heterocycles. The Bertz CT molecular complexity index is 621. The van der Waals surface area contributed by atoms with Gasteiger partial charge in [-0.3, -0.25) is 0 Å². The van der Waals surface area contributed by atoms with E-state index in [2.05, 4.69) is 5.16 Å². The minimum Gasteiger partial charge on any atom is -0.411 e. The van der Waals surface area contributed by atoms with Crippen molar-refractivity contribution in [3.8, 4) is 0 Å². The van der Waals surface area contributed by atoms with E-state index in [9.17, 15) is 5.11 Å². The van der Waals surface area contributed by atoms with Gasteiger partial charge in [0, 0.05) is 11.4 Å². The second-order valence-corrected chi connectivity index (χ2v) is 5.03. The molecule has 2 rings (SSSR count). The standard InChI is InChI=1S/C17H16ClNO2/c18-15-9-7-14(8-10-15)17(19-21)12-16(20)11-6-13-4-2-1-3-5-13/h1-11,16,20-21H,12H2/b11-6+,19-17-. The minimum atomic E-state index is -0.730. The van der Waals surface area contributed by atoms with Gasteiger partial charge in [0.15, 0.2) is 0 Å². The van der Waals surface area contributed by atoms with E-state index in [1.54, 1.807) is 30.3 Å². The van der Waals surface area contributed by atoms with Crippen molar-refractivity contribution in [2.45, 2.75) is 12.5 Å². The van der Waals surface area contributed by atoms with Crippen LogP contribution in [0.3, 0.4) is 0 Å². The highest BCUT2D eigenvalue weighted by atomic mass is 35.5. The van der Waals surface area contributed by atoms with Crippen LogP contribution in [0.1, 0.15) is 17.5 Å². The lowest BCUT2D eigenvalue weighted by molar-refractivity contribution is 0.229.